The zero-order chi connectivity index (χ0) is 19.3. The number of rotatable bonds is 7. The highest BCUT2D eigenvalue weighted by molar-refractivity contribution is 7.90. The van der Waals surface area contributed by atoms with Crippen LogP contribution in [0.3, 0.4) is 0 Å². The first kappa shape index (κ1) is 19.4. The zero-order valence-electron chi connectivity index (χ0n) is 14.4. The fourth-order valence-electron chi connectivity index (χ4n) is 2.38. The van der Waals surface area contributed by atoms with Crippen LogP contribution in [0.5, 0.6) is 0 Å². The normalized spacial score (nSPS) is 11.0. The van der Waals surface area contributed by atoms with Gasteiger partial charge in [-0.3, -0.25) is 14.9 Å². The molecule has 0 fully saturated rings. The number of hydrogen-bond donors (Lipinski definition) is 2. The van der Waals surface area contributed by atoms with Crippen molar-refractivity contribution in [2.45, 2.75) is 18.2 Å². The van der Waals surface area contributed by atoms with Crippen molar-refractivity contribution in [3.05, 3.63) is 58.1 Å². The first-order chi connectivity index (χ1) is 12.2. The fourth-order valence-corrected chi connectivity index (χ4v) is 3.24. The average molecular weight is 377 g/mol. The highest BCUT2D eigenvalue weighted by atomic mass is 32.2. The van der Waals surface area contributed by atoms with E-state index < -0.39 is 20.4 Å². The lowest BCUT2D eigenvalue weighted by atomic mass is 10.1. The Hall–Kier alpha value is -2.94. The van der Waals surface area contributed by atoms with E-state index in [-0.39, 0.29) is 10.8 Å². The summed E-state index contributed by atoms with van der Waals surface area (Å²) in [7, 11) is -3.71. The van der Waals surface area contributed by atoms with Gasteiger partial charge in [-0.15, -0.1) is 0 Å². The van der Waals surface area contributed by atoms with Crippen LogP contribution in [0.4, 0.5) is 17.1 Å². The molecule has 0 aliphatic heterocycles. The molecule has 0 bridgehead atoms. The number of nitrogens with zero attached hydrogens (tertiary/aromatic N) is 1. The minimum atomic E-state index is -3.71. The van der Waals surface area contributed by atoms with E-state index in [1.165, 1.54) is 25.1 Å². The molecule has 8 nitrogen and oxygen atoms in total. The van der Waals surface area contributed by atoms with Crippen LogP contribution in [0.15, 0.2) is 47.4 Å². The van der Waals surface area contributed by atoms with Gasteiger partial charge < -0.3 is 10.6 Å². The highest BCUT2D eigenvalue weighted by Crippen LogP contribution is 2.27. The topological polar surface area (TPSA) is 118 Å². The average Bonchev–Trinajstić information content (AvgIpc) is 2.55. The highest BCUT2D eigenvalue weighted by Gasteiger charge is 2.22. The molecule has 0 aromatic heterocycles. The first-order valence-corrected chi connectivity index (χ1v) is 9.65. The largest absolute Gasteiger partial charge is 0.385 e. The molecule has 2 aromatic carbocycles. The lowest BCUT2D eigenvalue weighted by Crippen LogP contribution is -2.08. The van der Waals surface area contributed by atoms with Gasteiger partial charge in [0.25, 0.3) is 5.69 Å². The van der Waals surface area contributed by atoms with Crippen LogP contribution in [0.25, 0.3) is 0 Å². The molecular formula is C17H19N3O5S. The molecule has 1 amide bonds. The smallest absolute Gasteiger partial charge is 0.288 e. The summed E-state index contributed by atoms with van der Waals surface area (Å²) in [5.41, 5.74) is 1.79. The number of carbonyl (C=O) groups is 1. The molecule has 0 aliphatic rings. The Kier molecular flexibility index (Phi) is 5.93. The number of nitrogens with one attached hydrogen (secondary N) is 2. The SMILES string of the molecule is CC(=O)Nc1ccc(CCNc2ccc([N+](=O)[O-])c(S(C)(=O)=O)c2)cc1. The molecule has 26 heavy (non-hydrogen) atoms. The second-order valence-electron chi connectivity index (χ2n) is 5.77. The van der Waals surface area contributed by atoms with Gasteiger partial charge in [-0.1, -0.05) is 12.1 Å². The number of carbonyl (C=O) groups excluding carboxylic acids is 1. The van der Waals surface area contributed by atoms with Crippen LogP contribution < -0.4 is 10.6 Å². The molecule has 0 saturated carbocycles. The maximum Gasteiger partial charge on any atom is 0.288 e. The molecule has 9 heteroatoms. The van der Waals surface area contributed by atoms with Crippen LogP contribution >= 0.6 is 0 Å². The maximum absolute atomic E-state index is 11.8. The van der Waals surface area contributed by atoms with Gasteiger partial charge in [0, 0.05) is 37.2 Å². The monoisotopic (exact) mass is 377 g/mol. The Labute approximate surface area is 151 Å². The van der Waals surface area contributed by atoms with E-state index in [2.05, 4.69) is 10.6 Å². The minimum absolute atomic E-state index is 0.140. The van der Waals surface area contributed by atoms with E-state index in [0.717, 1.165) is 11.8 Å². The van der Waals surface area contributed by atoms with Crippen molar-refractivity contribution in [3.8, 4) is 0 Å². The standard InChI is InChI=1S/C17H19N3O5S/c1-12(21)19-14-5-3-13(4-6-14)9-10-18-15-7-8-16(20(22)23)17(11-15)26(2,24)25/h3-8,11,18H,9-10H2,1-2H3,(H,19,21). The van der Waals surface area contributed by atoms with Gasteiger partial charge >= 0.3 is 0 Å². The van der Waals surface area contributed by atoms with Gasteiger partial charge in [-0.2, -0.15) is 0 Å². The van der Waals surface area contributed by atoms with Crippen molar-refractivity contribution in [2.24, 2.45) is 0 Å². The molecule has 0 radical (unpaired) electrons. The molecule has 2 aromatic rings. The Balaban J connectivity index is 2.03. The van der Waals surface area contributed by atoms with E-state index in [1.807, 2.05) is 12.1 Å². The third-order valence-corrected chi connectivity index (χ3v) is 4.70. The van der Waals surface area contributed by atoms with Crippen LogP contribution in [0.1, 0.15) is 12.5 Å². The number of nitro benzene ring substituents is 1. The van der Waals surface area contributed by atoms with Crippen LogP contribution in [0, 0.1) is 10.1 Å². The summed E-state index contributed by atoms with van der Waals surface area (Å²) in [6.07, 6.45) is 1.60. The molecule has 2 N–H and O–H groups in total. The maximum atomic E-state index is 11.8. The van der Waals surface area contributed by atoms with Gasteiger partial charge in [-0.05, 0) is 36.2 Å². The number of sulfone groups is 1. The number of amides is 1. The minimum Gasteiger partial charge on any atom is -0.385 e. The Morgan fingerprint density at radius 3 is 2.27 bits per heavy atom. The summed E-state index contributed by atoms with van der Waals surface area (Å²) in [5, 5.41) is 16.7. The molecular weight excluding hydrogens is 358 g/mol. The van der Waals surface area contributed by atoms with Crippen molar-refractivity contribution in [1.82, 2.24) is 0 Å². The Morgan fingerprint density at radius 2 is 1.73 bits per heavy atom. The van der Waals surface area contributed by atoms with Crippen LogP contribution in [-0.2, 0) is 21.1 Å². The van der Waals surface area contributed by atoms with Gasteiger partial charge in [0.2, 0.25) is 5.91 Å². The van der Waals surface area contributed by atoms with E-state index in [4.69, 9.17) is 0 Å². The van der Waals surface area contributed by atoms with E-state index in [0.29, 0.717) is 24.3 Å². The molecule has 0 spiro atoms. The Morgan fingerprint density at radius 1 is 1.12 bits per heavy atom. The summed E-state index contributed by atoms with van der Waals surface area (Å²) >= 11 is 0. The summed E-state index contributed by atoms with van der Waals surface area (Å²) in [5.74, 6) is -0.140. The molecule has 0 atom stereocenters. The van der Waals surface area contributed by atoms with E-state index in [9.17, 15) is 23.3 Å². The van der Waals surface area contributed by atoms with Gasteiger partial charge in [0.05, 0.1) is 4.92 Å². The molecule has 0 saturated heterocycles. The zero-order valence-corrected chi connectivity index (χ0v) is 15.2. The lowest BCUT2D eigenvalue weighted by Gasteiger charge is -2.09. The van der Waals surface area contributed by atoms with Gasteiger partial charge in [0.15, 0.2) is 9.84 Å². The predicted molar refractivity (Wildman–Crippen MR) is 99.1 cm³/mol. The first-order valence-electron chi connectivity index (χ1n) is 7.76. The van der Waals surface area contributed by atoms with Crippen LogP contribution in [-0.4, -0.2) is 32.0 Å². The quantitative estimate of drug-likeness (QED) is 0.565. The number of benzene rings is 2. The molecule has 2 rings (SSSR count). The van der Waals surface area contributed by atoms with Crippen molar-refractivity contribution >= 4 is 32.8 Å². The molecule has 0 heterocycles. The van der Waals surface area contributed by atoms with Gasteiger partial charge in [0.1, 0.15) is 4.90 Å². The van der Waals surface area contributed by atoms with E-state index >= 15 is 0 Å². The van der Waals surface area contributed by atoms with Crippen molar-refractivity contribution < 1.29 is 18.1 Å². The number of nitro groups is 1. The second-order valence-corrected chi connectivity index (χ2v) is 7.75. The summed E-state index contributed by atoms with van der Waals surface area (Å²) < 4.78 is 23.5. The van der Waals surface area contributed by atoms with Crippen molar-refractivity contribution in [2.75, 3.05) is 23.4 Å². The van der Waals surface area contributed by atoms with Crippen LogP contribution in [0.2, 0.25) is 0 Å². The number of hydrogen-bond acceptors (Lipinski definition) is 6. The van der Waals surface area contributed by atoms with Gasteiger partial charge in [-0.25, -0.2) is 8.42 Å². The molecule has 0 unspecified atom stereocenters. The Bertz CT molecular complexity index is 924. The molecule has 0 aliphatic carbocycles. The summed E-state index contributed by atoms with van der Waals surface area (Å²) in [6.45, 7) is 1.95. The van der Waals surface area contributed by atoms with Crippen molar-refractivity contribution in [1.29, 1.82) is 0 Å². The third-order valence-electron chi connectivity index (χ3n) is 3.57. The second kappa shape index (κ2) is 7.96. The summed E-state index contributed by atoms with van der Waals surface area (Å²) in [4.78, 5) is 20.9. The molecule has 138 valence electrons. The number of anilines is 2. The fraction of sp³-hybridized carbons (Fsp3) is 0.235. The lowest BCUT2D eigenvalue weighted by molar-refractivity contribution is -0.387. The van der Waals surface area contributed by atoms with E-state index in [1.54, 1.807) is 12.1 Å². The predicted octanol–water partition coefficient (Wildman–Crippen LogP) is 2.61. The third kappa shape index (κ3) is 5.28. The van der Waals surface area contributed by atoms with Crippen molar-refractivity contribution in [3.63, 3.8) is 0 Å². The summed E-state index contributed by atoms with van der Waals surface area (Å²) in [6, 6.07) is 11.3.